The van der Waals surface area contributed by atoms with Gasteiger partial charge in [0, 0.05) is 11.1 Å². The largest absolute Gasteiger partial charge is 0.288 e. The van der Waals surface area contributed by atoms with Crippen LogP contribution in [0.3, 0.4) is 0 Å². The van der Waals surface area contributed by atoms with Gasteiger partial charge in [0.05, 0.1) is 10.2 Å². The molecule has 0 fully saturated rings. The molecule has 0 radical (unpaired) electrons. The van der Waals surface area contributed by atoms with Crippen LogP contribution in [0, 0.1) is 5.92 Å². The van der Waals surface area contributed by atoms with Crippen molar-refractivity contribution in [3.05, 3.63) is 57.6 Å². The molecule has 3 nitrogen and oxygen atoms in total. The molecule has 108 valence electrons. The van der Waals surface area contributed by atoms with Gasteiger partial charge in [-0.15, -0.1) is 0 Å². The van der Waals surface area contributed by atoms with E-state index in [0.29, 0.717) is 26.9 Å². The van der Waals surface area contributed by atoms with Crippen molar-refractivity contribution < 1.29 is 9.59 Å². The minimum atomic E-state index is -0.307. The van der Waals surface area contributed by atoms with Crippen molar-refractivity contribution in [1.29, 1.82) is 0 Å². The Bertz CT molecular complexity index is 682. The summed E-state index contributed by atoms with van der Waals surface area (Å²) < 4.78 is 0.480. The number of carbonyl (C=O) groups excluding carboxylic acids is 2. The quantitative estimate of drug-likeness (QED) is 0.757. The van der Waals surface area contributed by atoms with Crippen LogP contribution in [0.15, 0.2) is 57.0 Å². The summed E-state index contributed by atoms with van der Waals surface area (Å²) in [5, 5.41) is 0. The summed E-state index contributed by atoms with van der Waals surface area (Å²) >= 11 is 3.31. The number of ketones is 1. The highest BCUT2D eigenvalue weighted by Gasteiger charge is 2.25. The molecular formula is C17H16BrNO2. The Labute approximate surface area is 132 Å². The second kappa shape index (κ2) is 6.31. The van der Waals surface area contributed by atoms with Crippen molar-refractivity contribution in [3.63, 3.8) is 0 Å². The fourth-order valence-corrected chi connectivity index (χ4v) is 2.46. The van der Waals surface area contributed by atoms with Gasteiger partial charge in [-0.1, -0.05) is 32.0 Å². The van der Waals surface area contributed by atoms with Crippen LogP contribution in [-0.2, 0) is 4.79 Å². The molecule has 0 heterocycles. The van der Waals surface area contributed by atoms with Crippen LogP contribution in [0.2, 0.25) is 0 Å². The van der Waals surface area contributed by atoms with Crippen LogP contribution in [-0.4, -0.2) is 17.4 Å². The maximum absolute atomic E-state index is 12.2. The molecule has 4 heteroatoms. The number of nitrogens with zero attached hydrogens (tertiary/aromatic N) is 1. The second-order valence-electron chi connectivity index (χ2n) is 5.19. The molecule has 0 saturated heterocycles. The Hall–Kier alpha value is -1.81. The summed E-state index contributed by atoms with van der Waals surface area (Å²) in [6, 6.07) is 8.89. The molecule has 0 unspecified atom stereocenters. The Morgan fingerprint density at radius 2 is 1.81 bits per heavy atom. The van der Waals surface area contributed by atoms with E-state index >= 15 is 0 Å². The molecule has 2 rings (SSSR count). The van der Waals surface area contributed by atoms with Crippen molar-refractivity contribution in [3.8, 4) is 0 Å². The van der Waals surface area contributed by atoms with Gasteiger partial charge in [-0.3, -0.25) is 9.59 Å². The number of carbonyl (C=O) groups is 2. The third-order valence-corrected chi connectivity index (χ3v) is 4.29. The van der Waals surface area contributed by atoms with Gasteiger partial charge in [0.2, 0.25) is 0 Å². The summed E-state index contributed by atoms with van der Waals surface area (Å²) in [4.78, 5) is 28.5. The van der Waals surface area contributed by atoms with Crippen molar-refractivity contribution in [2.24, 2.45) is 10.9 Å². The summed E-state index contributed by atoms with van der Waals surface area (Å²) in [5.41, 5.74) is 2.42. The normalized spacial score (nSPS) is 17.5. The monoisotopic (exact) mass is 345 g/mol. The lowest BCUT2D eigenvalue weighted by atomic mass is 9.90. The average Bonchev–Trinajstić information content (AvgIpc) is 2.48. The van der Waals surface area contributed by atoms with Crippen molar-refractivity contribution in [1.82, 2.24) is 0 Å². The number of hydrogen-bond donors (Lipinski definition) is 0. The minimum Gasteiger partial charge on any atom is -0.288 e. The number of halogens is 1. The molecule has 0 aromatic heterocycles. The molecule has 1 aliphatic carbocycles. The second-order valence-corrected chi connectivity index (χ2v) is 5.98. The van der Waals surface area contributed by atoms with E-state index in [-0.39, 0.29) is 17.6 Å². The number of benzene rings is 1. The first-order chi connectivity index (χ1) is 9.91. The fourth-order valence-electron chi connectivity index (χ4n) is 2.03. The topological polar surface area (TPSA) is 46.5 Å². The van der Waals surface area contributed by atoms with E-state index in [1.54, 1.807) is 37.3 Å². The van der Waals surface area contributed by atoms with Crippen LogP contribution >= 0.6 is 15.9 Å². The van der Waals surface area contributed by atoms with E-state index in [1.165, 1.54) is 0 Å². The number of rotatable bonds is 2. The molecule has 0 saturated carbocycles. The first kappa shape index (κ1) is 15.6. The molecule has 1 aromatic rings. The Morgan fingerprint density at radius 3 is 2.38 bits per heavy atom. The third kappa shape index (κ3) is 3.27. The van der Waals surface area contributed by atoms with Gasteiger partial charge < -0.3 is 0 Å². The molecule has 0 bridgehead atoms. The molecule has 0 spiro atoms. The Morgan fingerprint density at radius 1 is 1.19 bits per heavy atom. The van der Waals surface area contributed by atoms with E-state index in [9.17, 15) is 9.59 Å². The van der Waals surface area contributed by atoms with Gasteiger partial charge in [-0.25, -0.2) is 4.99 Å². The molecule has 0 atom stereocenters. The number of allylic oxidation sites excluding steroid dienone is 4. The zero-order chi connectivity index (χ0) is 15.6. The molecular weight excluding hydrogens is 330 g/mol. The third-order valence-electron chi connectivity index (χ3n) is 3.33. The lowest BCUT2D eigenvalue weighted by Crippen LogP contribution is -2.19. The fraction of sp³-hybridized carbons (Fsp3) is 0.235. The molecule has 0 N–H and O–H groups in total. The van der Waals surface area contributed by atoms with E-state index < -0.39 is 0 Å². The van der Waals surface area contributed by atoms with E-state index in [0.717, 1.165) is 0 Å². The van der Waals surface area contributed by atoms with Gasteiger partial charge in [0.25, 0.3) is 5.91 Å². The predicted octanol–water partition coefficient (Wildman–Crippen LogP) is 4.10. The zero-order valence-electron chi connectivity index (χ0n) is 12.2. The molecule has 1 amide bonds. The highest BCUT2D eigenvalue weighted by Crippen LogP contribution is 2.28. The van der Waals surface area contributed by atoms with Crippen LogP contribution in [0.1, 0.15) is 31.1 Å². The van der Waals surface area contributed by atoms with Crippen molar-refractivity contribution in [2.75, 3.05) is 0 Å². The van der Waals surface area contributed by atoms with Crippen molar-refractivity contribution in [2.45, 2.75) is 20.8 Å². The number of Topliss-reactive ketones (excluding diaryl/α,β-unsaturated/α-hetero) is 1. The van der Waals surface area contributed by atoms with E-state index in [2.05, 4.69) is 20.9 Å². The van der Waals surface area contributed by atoms with Crippen LogP contribution < -0.4 is 0 Å². The molecule has 21 heavy (non-hydrogen) atoms. The van der Waals surface area contributed by atoms with Crippen LogP contribution in [0.25, 0.3) is 0 Å². The van der Waals surface area contributed by atoms with Gasteiger partial charge in [-0.05, 0) is 52.6 Å². The highest BCUT2D eigenvalue weighted by molar-refractivity contribution is 9.12. The van der Waals surface area contributed by atoms with Crippen molar-refractivity contribution >= 4 is 33.3 Å². The van der Waals surface area contributed by atoms with E-state index in [4.69, 9.17) is 0 Å². The summed E-state index contributed by atoms with van der Waals surface area (Å²) in [7, 11) is 0. The van der Waals surface area contributed by atoms with Gasteiger partial charge in [0.1, 0.15) is 0 Å². The summed E-state index contributed by atoms with van der Waals surface area (Å²) in [5.74, 6) is -0.261. The maximum Gasteiger partial charge on any atom is 0.277 e. The van der Waals surface area contributed by atoms with Crippen LogP contribution in [0.4, 0.5) is 0 Å². The lowest BCUT2D eigenvalue weighted by Gasteiger charge is -2.18. The van der Waals surface area contributed by atoms with Gasteiger partial charge in [-0.2, -0.15) is 0 Å². The van der Waals surface area contributed by atoms with E-state index in [1.807, 2.05) is 19.9 Å². The minimum absolute atomic E-state index is 0.0337. The summed E-state index contributed by atoms with van der Waals surface area (Å²) in [6.45, 7) is 5.68. The predicted molar refractivity (Wildman–Crippen MR) is 87.8 cm³/mol. The first-order valence-electron chi connectivity index (χ1n) is 6.73. The molecule has 1 aliphatic rings. The molecule has 1 aromatic carbocycles. The first-order valence-corrected chi connectivity index (χ1v) is 7.52. The summed E-state index contributed by atoms with van der Waals surface area (Å²) in [6.07, 6.45) is 1.72. The van der Waals surface area contributed by atoms with Crippen LogP contribution in [0.5, 0.6) is 0 Å². The number of hydrogen-bond acceptors (Lipinski definition) is 2. The number of amides is 1. The maximum atomic E-state index is 12.2. The average molecular weight is 346 g/mol. The Balaban J connectivity index is 2.44. The highest BCUT2D eigenvalue weighted by atomic mass is 79.9. The smallest absolute Gasteiger partial charge is 0.277 e. The SMILES string of the molecule is CC1=C(Br)C(=O)C(C(C)C)=CC1=NC(=O)c1ccccc1. The number of aliphatic imine (C=N–C) groups is 1. The van der Waals surface area contributed by atoms with Gasteiger partial charge >= 0.3 is 0 Å². The standard InChI is InChI=1S/C17H16BrNO2/c1-10(2)13-9-14(11(3)15(18)16(13)20)19-17(21)12-7-5-4-6-8-12/h4-10H,1-3H3. The zero-order valence-corrected chi connectivity index (χ0v) is 13.8. The Kier molecular flexibility index (Phi) is 4.68. The molecule has 0 aliphatic heterocycles. The van der Waals surface area contributed by atoms with Gasteiger partial charge in [0.15, 0.2) is 5.78 Å². The lowest BCUT2D eigenvalue weighted by molar-refractivity contribution is -0.112.